The number of carboxylic acids is 1. The van der Waals surface area contributed by atoms with Crippen molar-refractivity contribution < 1.29 is 18.3 Å². The number of carboxylic acid groups (broad SMARTS) is 1. The van der Waals surface area contributed by atoms with E-state index >= 15 is 0 Å². The van der Waals surface area contributed by atoms with Crippen molar-refractivity contribution in [2.45, 2.75) is 44.4 Å². The summed E-state index contributed by atoms with van der Waals surface area (Å²) in [6.45, 7) is 8.80. The summed E-state index contributed by atoms with van der Waals surface area (Å²) in [5.74, 6) is -0.541. The Balaban J connectivity index is 1.53. The van der Waals surface area contributed by atoms with Crippen LogP contribution < -0.4 is 9.62 Å². The highest BCUT2D eigenvalue weighted by molar-refractivity contribution is 7.92. The van der Waals surface area contributed by atoms with Crippen LogP contribution in [0.2, 0.25) is 0 Å². The molecule has 178 valence electrons. The maximum absolute atomic E-state index is 12.9. The molecule has 2 aliphatic heterocycles. The van der Waals surface area contributed by atoms with Gasteiger partial charge in [-0.25, -0.2) is 13.2 Å². The molecule has 8 heteroatoms. The van der Waals surface area contributed by atoms with E-state index in [4.69, 9.17) is 0 Å². The zero-order valence-corrected chi connectivity index (χ0v) is 20.2. The molecule has 2 heterocycles. The molecule has 33 heavy (non-hydrogen) atoms. The first-order chi connectivity index (χ1) is 15.7. The summed E-state index contributed by atoms with van der Waals surface area (Å²) in [4.78, 5) is 16.9. The number of nitrogens with zero attached hydrogens (tertiary/aromatic N) is 2. The zero-order chi connectivity index (χ0) is 23.6. The summed E-state index contributed by atoms with van der Waals surface area (Å²) in [6, 6.07) is 9.78. The van der Waals surface area contributed by atoms with Crippen LogP contribution in [0.25, 0.3) is 0 Å². The Bertz CT molecular complexity index is 1130. The van der Waals surface area contributed by atoms with Gasteiger partial charge in [0.1, 0.15) is 0 Å². The molecule has 0 amide bonds. The number of aryl methyl sites for hydroxylation is 2. The second-order valence-electron chi connectivity index (χ2n) is 9.35. The van der Waals surface area contributed by atoms with Crippen molar-refractivity contribution in [2.75, 3.05) is 42.3 Å². The fourth-order valence-corrected chi connectivity index (χ4v) is 6.04. The molecule has 0 aliphatic carbocycles. The third-order valence-electron chi connectivity index (χ3n) is 6.84. The molecule has 0 spiro atoms. The normalized spacial score (nSPS) is 19.6. The maximum Gasteiger partial charge on any atom is 0.337 e. The summed E-state index contributed by atoms with van der Waals surface area (Å²) in [5, 5.41) is 9.89. The van der Waals surface area contributed by atoms with Gasteiger partial charge in [0, 0.05) is 25.3 Å². The first kappa shape index (κ1) is 23.6. The van der Waals surface area contributed by atoms with E-state index in [-0.39, 0.29) is 16.1 Å². The van der Waals surface area contributed by atoms with Crippen molar-refractivity contribution in [3.05, 3.63) is 53.1 Å². The van der Waals surface area contributed by atoms with Crippen LogP contribution >= 0.6 is 0 Å². The average Bonchev–Trinajstić information content (AvgIpc) is 3.28. The van der Waals surface area contributed by atoms with Gasteiger partial charge in [0.15, 0.2) is 0 Å². The Morgan fingerprint density at radius 1 is 1.03 bits per heavy atom. The molecular weight excluding hydrogens is 438 g/mol. The standard InChI is InChI=1S/C25H33N3O4S/c1-18-7-9-22(14-19(18)2)33(31,32)26-21-8-10-24(23(15-21)25(29)30)28-13-5-6-20(17-28)16-27-11-3-4-12-27/h7-10,14-15,20,26H,3-6,11-13,16-17H2,1-2H3,(H,29,30)/t20-/m1/s1. The van der Waals surface area contributed by atoms with Crippen molar-refractivity contribution in [3.8, 4) is 0 Å². The molecule has 0 radical (unpaired) electrons. The second-order valence-corrected chi connectivity index (χ2v) is 11.0. The number of piperidine rings is 1. The van der Waals surface area contributed by atoms with Crippen molar-refractivity contribution in [1.82, 2.24) is 4.90 Å². The number of rotatable bonds is 7. The summed E-state index contributed by atoms with van der Waals surface area (Å²) in [5.41, 5.74) is 2.92. The monoisotopic (exact) mass is 471 g/mol. The zero-order valence-electron chi connectivity index (χ0n) is 19.4. The molecule has 2 aliphatic rings. The molecule has 1 atom stereocenters. The van der Waals surface area contributed by atoms with E-state index in [1.807, 2.05) is 13.8 Å². The number of nitrogens with one attached hydrogen (secondary N) is 1. The van der Waals surface area contributed by atoms with Gasteiger partial charge in [-0.1, -0.05) is 6.07 Å². The lowest BCUT2D eigenvalue weighted by atomic mass is 9.96. The smallest absolute Gasteiger partial charge is 0.337 e. The molecular formula is C25H33N3O4S. The quantitative estimate of drug-likeness (QED) is 0.632. The molecule has 0 unspecified atom stereocenters. The molecule has 0 saturated carbocycles. The van der Waals surface area contributed by atoms with E-state index in [0.717, 1.165) is 56.7 Å². The lowest BCUT2D eigenvalue weighted by molar-refractivity contribution is 0.0697. The van der Waals surface area contributed by atoms with Crippen LogP contribution in [0.3, 0.4) is 0 Å². The molecule has 0 aromatic heterocycles. The van der Waals surface area contributed by atoms with E-state index < -0.39 is 16.0 Å². The number of hydrogen-bond acceptors (Lipinski definition) is 5. The predicted octanol–water partition coefficient (Wildman–Crippen LogP) is 4.11. The molecule has 0 bridgehead atoms. The minimum absolute atomic E-state index is 0.122. The Morgan fingerprint density at radius 3 is 2.48 bits per heavy atom. The van der Waals surface area contributed by atoms with Gasteiger partial charge < -0.3 is 14.9 Å². The number of carbonyl (C=O) groups is 1. The maximum atomic E-state index is 12.9. The van der Waals surface area contributed by atoms with E-state index in [0.29, 0.717) is 11.6 Å². The van der Waals surface area contributed by atoms with Gasteiger partial charge in [-0.05, 0) is 100.0 Å². The first-order valence-corrected chi connectivity index (χ1v) is 13.2. The fraction of sp³-hybridized carbons (Fsp3) is 0.480. The number of aromatic carboxylic acids is 1. The summed E-state index contributed by atoms with van der Waals surface area (Å²) in [7, 11) is -3.82. The molecule has 7 nitrogen and oxygen atoms in total. The number of likely N-dealkylation sites (tertiary alicyclic amines) is 1. The highest BCUT2D eigenvalue weighted by Gasteiger charge is 2.26. The Morgan fingerprint density at radius 2 is 1.79 bits per heavy atom. The lowest BCUT2D eigenvalue weighted by Gasteiger charge is -2.36. The van der Waals surface area contributed by atoms with Crippen molar-refractivity contribution >= 4 is 27.4 Å². The van der Waals surface area contributed by atoms with Gasteiger partial charge >= 0.3 is 5.97 Å². The van der Waals surface area contributed by atoms with E-state index in [1.54, 1.807) is 30.3 Å². The molecule has 2 N–H and O–H groups in total. The largest absolute Gasteiger partial charge is 0.478 e. The molecule has 2 aromatic carbocycles. The van der Waals surface area contributed by atoms with Gasteiger partial charge in [0.05, 0.1) is 16.1 Å². The molecule has 2 saturated heterocycles. The van der Waals surface area contributed by atoms with Crippen LogP contribution in [0.4, 0.5) is 11.4 Å². The minimum Gasteiger partial charge on any atom is -0.478 e. The van der Waals surface area contributed by atoms with Crippen LogP contribution in [0.5, 0.6) is 0 Å². The van der Waals surface area contributed by atoms with Crippen molar-refractivity contribution in [1.29, 1.82) is 0 Å². The lowest BCUT2D eigenvalue weighted by Crippen LogP contribution is -2.41. The van der Waals surface area contributed by atoms with Crippen LogP contribution in [0.15, 0.2) is 41.3 Å². The first-order valence-electron chi connectivity index (χ1n) is 11.7. The van der Waals surface area contributed by atoms with Gasteiger partial charge in [-0.2, -0.15) is 0 Å². The topological polar surface area (TPSA) is 90.0 Å². The van der Waals surface area contributed by atoms with Crippen LogP contribution in [0, 0.1) is 19.8 Å². The van der Waals surface area contributed by atoms with Gasteiger partial charge in [-0.15, -0.1) is 0 Å². The van der Waals surface area contributed by atoms with E-state index in [9.17, 15) is 18.3 Å². The Kier molecular flexibility index (Phi) is 6.95. The summed E-state index contributed by atoms with van der Waals surface area (Å²) < 4.78 is 28.3. The SMILES string of the molecule is Cc1ccc(S(=O)(=O)Nc2ccc(N3CCC[C@H](CN4CCCC4)C3)c(C(=O)O)c2)cc1C. The Labute approximate surface area is 196 Å². The molecule has 4 rings (SSSR count). The second kappa shape index (κ2) is 9.73. The number of benzene rings is 2. The van der Waals surface area contributed by atoms with Gasteiger partial charge in [-0.3, -0.25) is 4.72 Å². The predicted molar refractivity (Wildman–Crippen MR) is 131 cm³/mol. The van der Waals surface area contributed by atoms with Gasteiger partial charge in [0.2, 0.25) is 0 Å². The summed E-state index contributed by atoms with van der Waals surface area (Å²) >= 11 is 0. The molecule has 2 fully saturated rings. The fourth-order valence-electron chi connectivity index (χ4n) is 4.90. The van der Waals surface area contributed by atoms with Crippen molar-refractivity contribution in [3.63, 3.8) is 0 Å². The van der Waals surface area contributed by atoms with Crippen LogP contribution in [-0.2, 0) is 10.0 Å². The summed E-state index contributed by atoms with van der Waals surface area (Å²) in [6.07, 6.45) is 4.71. The average molecular weight is 472 g/mol. The Hall–Kier alpha value is -2.58. The van der Waals surface area contributed by atoms with Crippen molar-refractivity contribution in [2.24, 2.45) is 5.92 Å². The third kappa shape index (κ3) is 5.50. The number of anilines is 2. The van der Waals surface area contributed by atoms with Gasteiger partial charge in [0.25, 0.3) is 10.0 Å². The third-order valence-corrected chi connectivity index (χ3v) is 8.22. The molecule has 2 aromatic rings. The van der Waals surface area contributed by atoms with E-state index in [2.05, 4.69) is 14.5 Å². The number of sulfonamides is 1. The highest BCUT2D eigenvalue weighted by Crippen LogP contribution is 2.30. The van der Waals surface area contributed by atoms with E-state index in [1.165, 1.54) is 18.9 Å². The van der Waals surface area contributed by atoms with Crippen LogP contribution in [-0.4, -0.2) is 57.1 Å². The van der Waals surface area contributed by atoms with Crippen LogP contribution in [0.1, 0.15) is 47.2 Å². The highest BCUT2D eigenvalue weighted by atomic mass is 32.2. The minimum atomic E-state index is -3.82. The number of hydrogen-bond donors (Lipinski definition) is 2.